The van der Waals surface area contributed by atoms with Crippen LogP contribution >= 0.6 is 0 Å². The molecule has 1 aromatic carbocycles. The summed E-state index contributed by atoms with van der Waals surface area (Å²) in [6.45, 7) is 1.83. The van der Waals surface area contributed by atoms with Crippen LogP contribution in [0.2, 0.25) is 0 Å². The molecule has 0 aromatic heterocycles. The van der Waals surface area contributed by atoms with Crippen molar-refractivity contribution < 1.29 is 9.59 Å². The molecule has 1 fully saturated rings. The summed E-state index contributed by atoms with van der Waals surface area (Å²) >= 11 is 0. The second-order valence-corrected chi connectivity index (χ2v) is 5.63. The maximum atomic E-state index is 12.0. The number of hydrogen-bond acceptors (Lipinski definition) is 3. The third kappa shape index (κ3) is 4.32. The molecule has 0 unspecified atom stereocenters. The van der Waals surface area contributed by atoms with Crippen LogP contribution in [0.4, 0.5) is 5.69 Å². The van der Waals surface area contributed by atoms with Crippen molar-refractivity contribution in [3.63, 3.8) is 0 Å². The number of benzene rings is 1. The molecule has 22 heavy (non-hydrogen) atoms. The molecule has 1 aromatic rings. The normalized spacial score (nSPS) is 14.4. The highest BCUT2D eigenvalue weighted by molar-refractivity contribution is 5.92. The topological polar surface area (TPSA) is 73.2 Å². The molecule has 0 radical (unpaired) electrons. The van der Waals surface area contributed by atoms with E-state index in [2.05, 4.69) is 5.32 Å². The molecule has 5 nitrogen and oxygen atoms in total. The van der Waals surface area contributed by atoms with Gasteiger partial charge < -0.3 is 10.2 Å². The van der Waals surface area contributed by atoms with Crippen LogP contribution < -0.4 is 10.2 Å². The zero-order chi connectivity index (χ0) is 15.9. The average Bonchev–Trinajstić information content (AvgIpc) is 3.00. The van der Waals surface area contributed by atoms with Gasteiger partial charge in [-0.1, -0.05) is 12.8 Å². The Kier molecular flexibility index (Phi) is 5.54. The van der Waals surface area contributed by atoms with Gasteiger partial charge in [0, 0.05) is 31.6 Å². The Morgan fingerprint density at radius 2 is 1.91 bits per heavy atom. The molecule has 0 saturated heterocycles. The van der Waals surface area contributed by atoms with Gasteiger partial charge in [-0.15, -0.1) is 0 Å². The third-order valence-electron chi connectivity index (χ3n) is 3.97. The fourth-order valence-electron chi connectivity index (χ4n) is 2.77. The predicted octanol–water partition coefficient (Wildman–Crippen LogP) is 2.36. The van der Waals surface area contributed by atoms with Crippen molar-refractivity contribution in [3.8, 4) is 6.07 Å². The molecular weight excluding hydrogens is 278 g/mol. The third-order valence-corrected chi connectivity index (χ3v) is 3.97. The molecule has 116 valence electrons. The molecule has 0 aliphatic heterocycles. The van der Waals surface area contributed by atoms with Crippen LogP contribution in [0.3, 0.4) is 0 Å². The molecular formula is C17H21N3O2. The first-order valence-corrected chi connectivity index (χ1v) is 7.68. The molecule has 0 atom stereocenters. The second kappa shape index (κ2) is 7.60. The fourth-order valence-corrected chi connectivity index (χ4v) is 2.77. The van der Waals surface area contributed by atoms with E-state index in [4.69, 9.17) is 5.26 Å². The van der Waals surface area contributed by atoms with Gasteiger partial charge in [-0.3, -0.25) is 9.59 Å². The molecule has 1 saturated carbocycles. The number of nitriles is 1. The molecule has 5 heteroatoms. The van der Waals surface area contributed by atoms with Gasteiger partial charge in [-0.2, -0.15) is 5.26 Å². The minimum Gasteiger partial charge on any atom is -0.353 e. The minimum atomic E-state index is -0.113. The van der Waals surface area contributed by atoms with Gasteiger partial charge in [0.2, 0.25) is 11.8 Å². The number of amides is 2. The molecule has 0 bridgehead atoms. The van der Waals surface area contributed by atoms with Crippen LogP contribution in [0.15, 0.2) is 24.3 Å². The molecule has 2 amide bonds. The number of nitrogens with zero attached hydrogens (tertiary/aromatic N) is 2. The van der Waals surface area contributed by atoms with Crippen molar-refractivity contribution in [1.29, 1.82) is 5.26 Å². The van der Waals surface area contributed by atoms with Gasteiger partial charge >= 0.3 is 0 Å². The number of hydrogen-bond donors (Lipinski definition) is 1. The summed E-state index contributed by atoms with van der Waals surface area (Å²) in [7, 11) is 0. The molecule has 1 aliphatic carbocycles. The summed E-state index contributed by atoms with van der Waals surface area (Å²) < 4.78 is 0. The summed E-state index contributed by atoms with van der Waals surface area (Å²) in [6, 6.07) is 9.15. The van der Waals surface area contributed by atoms with Crippen LogP contribution in [0.5, 0.6) is 0 Å². The lowest BCUT2D eigenvalue weighted by Gasteiger charge is -2.21. The van der Waals surface area contributed by atoms with E-state index in [9.17, 15) is 9.59 Å². The first kappa shape index (κ1) is 16.0. The van der Waals surface area contributed by atoms with Crippen molar-refractivity contribution in [2.75, 3.05) is 11.4 Å². The van der Waals surface area contributed by atoms with Gasteiger partial charge in [0.25, 0.3) is 0 Å². The van der Waals surface area contributed by atoms with E-state index in [-0.39, 0.29) is 18.2 Å². The standard InChI is InChI=1S/C17H21N3O2/c1-13(21)20(16-8-6-14(12-18)7-9-16)11-10-17(22)19-15-4-2-3-5-15/h6-9,15H,2-5,10-11H2,1H3,(H,19,22). The van der Waals surface area contributed by atoms with Crippen molar-refractivity contribution >= 4 is 17.5 Å². The summed E-state index contributed by atoms with van der Waals surface area (Å²) in [6.07, 6.45) is 4.75. The molecule has 2 rings (SSSR count). The zero-order valence-corrected chi connectivity index (χ0v) is 12.8. The van der Waals surface area contributed by atoms with Crippen molar-refractivity contribution in [3.05, 3.63) is 29.8 Å². The molecule has 1 N–H and O–H groups in total. The SMILES string of the molecule is CC(=O)N(CCC(=O)NC1CCCC1)c1ccc(C#N)cc1. The summed E-state index contributed by atoms with van der Waals surface area (Å²) in [5.74, 6) is -0.120. The highest BCUT2D eigenvalue weighted by Crippen LogP contribution is 2.18. The smallest absolute Gasteiger partial charge is 0.223 e. The Bertz CT molecular complexity index is 569. The molecule has 0 spiro atoms. The van der Waals surface area contributed by atoms with Crippen LogP contribution in [0, 0.1) is 11.3 Å². The number of nitrogens with one attached hydrogen (secondary N) is 1. The lowest BCUT2D eigenvalue weighted by Crippen LogP contribution is -2.37. The van der Waals surface area contributed by atoms with E-state index in [1.54, 1.807) is 29.2 Å². The second-order valence-electron chi connectivity index (χ2n) is 5.63. The van der Waals surface area contributed by atoms with Gasteiger partial charge in [0.1, 0.15) is 0 Å². The van der Waals surface area contributed by atoms with Gasteiger partial charge in [-0.25, -0.2) is 0 Å². The van der Waals surface area contributed by atoms with Crippen LogP contribution in [-0.4, -0.2) is 24.4 Å². The Hall–Kier alpha value is -2.35. The van der Waals surface area contributed by atoms with Crippen molar-refractivity contribution in [2.45, 2.75) is 45.1 Å². The average molecular weight is 299 g/mol. The van der Waals surface area contributed by atoms with E-state index >= 15 is 0 Å². The number of carbonyl (C=O) groups is 2. The minimum absolute atomic E-state index is 0.00760. The summed E-state index contributed by atoms with van der Waals surface area (Å²) in [4.78, 5) is 25.3. The largest absolute Gasteiger partial charge is 0.353 e. The zero-order valence-electron chi connectivity index (χ0n) is 12.8. The first-order valence-electron chi connectivity index (χ1n) is 7.68. The van der Waals surface area contributed by atoms with Crippen molar-refractivity contribution in [1.82, 2.24) is 5.32 Å². The Morgan fingerprint density at radius 3 is 2.45 bits per heavy atom. The van der Waals surface area contributed by atoms with Crippen LogP contribution in [0.1, 0.15) is 44.6 Å². The van der Waals surface area contributed by atoms with Crippen LogP contribution in [0.25, 0.3) is 0 Å². The van der Waals surface area contributed by atoms with Crippen molar-refractivity contribution in [2.24, 2.45) is 0 Å². The molecule has 1 aliphatic rings. The number of anilines is 1. The summed E-state index contributed by atoms with van der Waals surface area (Å²) in [5, 5.41) is 11.8. The number of rotatable bonds is 5. The van der Waals surface area contributed by atoms with E-state index < -0.39 is 0 Å². The lowest BCUT2D eigenvalue weighted by molar-refractivity contribution is -0.121. The van der Waals surface area contributed by atoms with Gasteiger partial charge in [-0.05, 0) is 37.1 Å². The fraction of sp³-hybridized carbons (Fsp3) is 0.471. The van der Waals surface area contributed by atoms with Crippen LogP contribution in [-0.2, 0) is 9.59 Å². The monoisotopic (exact) mass is 299 g/mol. The Morgan fingerprint density at radius 1 is 1.27 bits per heavy atom. The van der Waals surface area contributed by atoms with Gasteiger partial charge in [0.05, 0.1) is 11.6 Å². The lowest BCUT2D eigenvalue weighted by atomic mass is 10.2. The Balaban J connectivity index is 1.92. The maximum absolute atomic E-state index is 12.0. The quantitative estimate of drug-likeness (QED) is 0.907. The van der Waals surface area contributed by atoms with Gasteiger partial charge in [0.15, 0.2) is 0 Å². The highest BCUT2D eigenvalue weighted by Gasteiger charge is 2.18. The van der Waals surface area contributed by atoms with E-state index in [0.29, 0.717) is 23.8 Å². The van der Waals surface area contributed by atoms with E-state index in [0.717, 1.165) is 12.8 Å². The highest BCUT2D eigenvalue weighted by atomic mass is 16.2. The number of carbonyl (C=O) groups excluding carboxylic acids is 2. The maximum Gasteiger partial charge on any atom is 0.223 e. The van der Waals surface area contributed by atoms with E-state index in [1.807, 2.05) is 6.07 Å². The predicted molar refractivity (Wildman–Crippen MR) is 84.2 cm³/mol. The summed E-state index contributed by atoms with van der Waals surface area (Å²) in [5.41, 5.74) is 1.26. The Labute approximate surface area is 130 Å². The van der Waals surface area contributed by atoms with E-state index in [1.165, 1.54) is 19.8 Å². The first-order chi connectivity index (χ1) is 10.6. The molecule has 0 heterocycles.